The van der Waals surface area contributed by atoms with Gasteiger partial charge in [0.1, 0.15) is 16.5 Å². The third-order valence-corrected chi connectivity index (χ3v) is 6.86. The van der Waals surface area contributed by atoms with Crippen LogP contribution in [0.1, 0.15) is 11.3 Å². The molecule has 0 unspecified atom stereocenters. The first-order valence-electron chi connectivity index (χ1n) is 9.11. The number of ether oxygens (including phenoxy) is 1. The van der Waals surface area contributed by atoms with Crippen molar-refractivity contribution in [3.05, 3.63) is 64.9 Å². The third kappa shape index (κ3) is 4.07. The summed E-state index contributed by atoms with van der Waals surface area (Å²) < 4.78 is 48.0. The monoisotopic (exact) mass is 446 g/mol. The number of hydrogen-bond acceptors (Lipinski definition) is 6. The summed E-state index contributed by atoms with van der Waals surface area (Å²) in [5.74, 6) is 0.0554. The van der Waals surface area contributed by atoms with E-state index in [0.29, 0.717) is 12.2 Å². The topological polar surface area (TPSA) is 85.6 Å². The van der Waals surface area contributed by atoms with Gasteiger partial charge in [-0.3, -0.25) is 0 Å². The Labute approximate surface area is 177 Å². The first-order chi connectivity index (χ1) is 14.4. The SMILES string of the molecule is COc1ccc(F)cc1S(=O)(=O)NCCc1csc2nc(-c3cccc(C)c3)nn12. The van der Waals surface area contributed by atoms with Crippen molar-refractivity contribution in [3.63, 3.8) is 0 Å². The van der Waals surface area contributed by atoms with E-state index in [0.717, 1.165) is 33.9 Å². The Hall–Kier alpha value is -2.82. The molecule has 2 aromatic carbocycles. The van der Waals surface area contributed by atoms with E-state index >= 15 is 0 Å². The maximum absolute atomic E-state index is 13.5. The zero-order valence-electron chi connectivity index (χ0n) is 16.3. The second-order valence-electron chi connectivity index (χ2n) is 6.67. The van der Waals surface area contributed by atoms with Crippen molar-refractivity contribution in [2.45, 2.75) is 18.2 Å². The van der Waals surface area contributed by atoms with Gasteiger partial charge >= 0.3 is 0 Å². The fourth-order valence-electron chi connectivity index (χ4n) is 3.05. The summed E-state index contributed by atoms with van der Waals surface area (Å²) in [6.45, 7) is 2.13. The number of sulfonamides is 1. The van der Waals surface area contributed by atoms with Gasteiger partial charge in [-0.05, 0) is 31.2 Å². The molecule has 30 heavy (non-hydrogen) atoms. The van der Waals surface area contributed by atoms with E-state index in [-0.39, 0.29) is 17.2 Å². The molecule has 10 heteroatoms. The van der Waals surface area contributed by atoms with Crippen LogP contribution in [0.25, 0.3) is 16.3 Å². The second-order valence-corrected chi connectivity index (χ2v) is 9.24. The van der Waals surface area contributed by atoms with Crippen molar-refractivity contribution >= 4 is 26.3 Å². The standard InChI is InChI=1S/C20H19FN4O3S2/c1-13-4-3-5-14(10-13)19-23-20-25(24-19)16(12-29-20)8-9-22-30(26,27)18-11-15(21)6-7-17(18)28-2/h3-7,10-12,22H,8-9H2,1-2H3. The molecule has 0 saturated heterocycles. The van der Waals surface area contributed by atoms with E-state index in [1.54, 1.807) is 4.52 Å². The molecule has 0 amide bonds. The van der Waals surface area contributed by atoms with E-state index in [1.807, 2.05) is 36.6 Å². The van der Waals surface area contributed by atoms with Crippen LogP contribution < -0.4 is 9.46 Å². The quantitative estimate of drug-likeness (QED) is 0.470. The maximum atomic E-state index is 13.5. The Kier molecular flexibility index (Phi) is 5.54. The number of methoxy groups -OCH3 is 1. The van der Waals surface area contributed by atoms with E-state index in [4.69, 9.17) is 4.74 Å². The fourth-order valence-corrected chi connectivity index (χ4v) is 5.12. The summed E-state index contributed by atoms with van der Waals surface area (Å²) in [5.41, 5.74) is 2.87. The highest BCUT2D eigenvalue weighted by Gasteiger charge is 2.20. The van der Waals surface area contributed by atoms with Crippen LogP contribution in [0.15, 0.2) is 52.7 Å². The van der Waals surface area contributed by atoms with Crippen LogP contribution in [0, 0.1) is 12.7 Å². The number of halogens is 1. The maximum Gasteiger partial charge on any atom is 0.244 e. The Morgan fingerprint density at radius 3 is 2.83 bits per heavy atom. The molecule has 0 saturated carbocycles. The van der Waals surface area contributed by atoms with Crippen LogP contribution in [0.3, 0.4) is 0 Å². The van der Waals surface area contributed by atoms with Crippen molar-refractivity contribution in [2.75, 3.05) is 13.7 Å². The lowest BCUT2D eigenvalue weighted by molar-refractivity contribution is 0.400. The summed E-state index contributed by atoms with van der Waals surface area (Å²) in [5, 5.41) is 6.46. The molecule has 0 aliphatic heterocycles. The van der Waals surface area contributed by atoms with Crippen LogP contribution in [0.2, 0.25) is 0 Å². The first-order valence-corrected chi connectivity index (χ1v) is 11.5. The highest BCUT2D eigenvalue weighted by Crippen LogP contribution is 2.25. The summed E-state index contributed by atoms with van der Waals surface area (Å²) in [6.07, 6.45) is 0.396. The molecule has 2 heterocycles. The van der Waals surface area contributed by atoms with Crippen molar-refractivity contribution in [1.29, 1.82) is 0 Å². The highest BCUT2D eigenvalue weighted by atomic mass is 32.2. The van der Waals surface area contributed by atoms with E-state index in [2.05, 4.69) is 14.8 Å². The van der Waals surface area contributed by atoms with Gasteiger partial charge in [-0.25, -0.2) is 22.0 Å². The van der Waals surface area contributed by atoms with Gasteiger partial charge in [0.2, 0.25) is 15.0 Å². The average Bonchev–Trinajstić information content (AvgIpc) is 3.30. The smallest absolute Gasteiger partial charge is 0.244 e. The molecule has 4 aromatic rings. The van der Waals surface area contributed by atoms with Gasteiger partial charge in [0.05, 0.1) is 12.8 Å². The average molecular weight is 447 g/mol. The number of nitrogens with one attached hydrogen (secondary N) is 1. The zero-order chi connectivity index (χ0) is 21.3. The second kappa shape index (κ2) is 8.13. The number of thiazole rings is 1. The molecule has 0 fully saturated rings. The van der Waals surface area contributed by atoms with Crippen molar-refractivity contribution in [3.8, 4) is 17.1 Å². The number of hydrogen-bond donors (Lipinski definition) is 1. The zero-order valence-corrected chi connectivity index (χ0v) is 17.9. The number of rotatable bonds is 7. The van der Waals surface area contributed by atoms with Crippen LogP contribution >= 0.6 is 11.3 Å². The molecule has 0 aliphatic rings. The van der Waals surface area contributed by atoms with Gasteiger partial charge in [0, 0.05) is 23.9 Å². The van der Waals surface area contributed by atoms with Gasteiger partial charge < -0.3 is 4.74 Å². The first kappa shape index (κ1) is 20.5. The van der Waals surface area contributed by atoms with Gasteiger partial charge in [-0.15, -0.1) is 16.4 Å². The van der Waals surface area contributed by atoms with Crippen molar-refractivity contribution in [2.24, 2.45) is 0 Å². The van der Waals surface area contributed by atoms with Crippen LogP contribution in [0.4, 0.5) is 4.39 Å². The molecule has 2 aromatic heterocycles. The molecule has 0 atom stereocenters. The number of fused-ring (bicyclic) bond motifs is 1. The van der Waals surface area contributed by atoms with Crippen molar-refractivity contribution in [1.82, 2.24) is 19.3 Å². The molecule has 0 aliphatic carbocycles. The Bertz CT molecular complexity index is 1310. The van der Waals surface area contributed by atoms with Crippen LogP contribution in [-0.4, -0.2) is 36.7 Å². The van der Waals surface area contributed by atoms with Gasteiger partial charge in [0.25, 0.3) is 0 Å². The molecule has 0 bridgehead atoms. The minimum atomic E-state index is -3.93. The van der Waals surface area contributed by atoms with E-state index in [9.17, 15) is 12.8 Å². The summed E-state index contributed by atoms with van der Waals surface area (Å²) >= 11 is 1.44. The largest absolute Gasteiger partial charge is 0.495 e. The minimum Gasteiger partial charge on any atom is -0.495 e. The third-order valence-electron chi connectivity index (χ3n) is 4.51. The molecule has 0 radical (unpaired) electrons. The number of aryl methyl sites for hydroxylation is 1. The predicted octanol–water partition coefficient (Wildman–Crippen LogP) is 3.43. The Morgan fingerprint density at radius 1 is 1.23 bits per heavy atom. The minimum absolute atomic E-state index is 0.0842. The summed E-state index contributed by atoms with van der Waals surface area (Å²) in [6, 6.07) is 11.3. The van der Waals surface area contributed by atoms with E-state index in [1.165, 1.54) is 24.5 Å². The Balaban J connectivity index is 1.51. The fraction of sp³-hybridized carbons (Fsp3) is 0.200. The number of aromatic nitrogens is 3. The molecular weight excluding hydrogens is 427 g/mol. The lowest BCUT2D eigenvalue weighted by atomic mass is 10.1. The van der Waals surface area contributed by atoms with Crippen LogP contribution in [-0.2, 0) is 16.4 Å². The van der Waals surface area contributed by atoms with Crippen LogP contribution in [0.5, 0.6) is 5.75 Å². The number of benzene rings is 2. The molecule has 0 spiro atoms. The molecule has 4 rings (SSSR count). The van der Waals surface area contributed by atoms with Gasteiger partial charge in [-0.2, -0.15) is 4.98 Å². The Morgan fingerprint density at radius 2 is 2.07 bits per heavy atom. The summed E-state index contributed by atoms with van der Waals surface area (Å²) in [4.78, 5) is 5.05. The molecule has 1 N–H and O–H groups in total. The normalized spacial score (nSPS) is 11.8. The van der Waals surface area contributed by atoms with Gasteiger partial charge in [-0.1, -0.05) is 23.8 Å². The molecular formula is C20H19FN4O3S2. The lowest BCUT2D eigenvalue weighted by Crippen LogP contribution is -2.26. The van der Waals surface area contributed by atoms with Gasteiger partial charge in [0.15, 0.2) is 5.82 Å². The lowest BCUT2D eigenvalue weighted by Gasteiger charge is -2.10. The highest BCUT2D eigenvalue weighted by molar-refractivity contribution is 7.89. The molecule has 156 valence electrons. The number of nitrogens with zero attached hydrogens (tertiary/aromatic N) is 3. The van der Waals surface area contributed by atoms with Crippen molar-refractivity contribution < 1.29 is 17.5 Å². The predicted molar refractivity (Wildman–Crippen MR) is 113 cm³/mol. The van der Waals surface area contributed by atoms with E-state index < -0.39 is 15.8 Å². The summed E-state index contributed by atoms with van der Waals surface area (Å²) in [7, 11) is -2.59. The molecule has 7 nitrogen and oxygen atoms in total.